The summed E-state index contributed by atoms with van der Waals surface area (Å²) in [6, 6.07) is 3.78. The van der Waals surface area contributed by atoms with Crippen LogP contribution in [-0.4, -0.2) is 24.6 Å². The number of nitrogens with two attached hydrogens (primary N) is 1. The molecule has 0 bridgehead atoms. The highest BCUT2D eigenvalue weighted by molar-refractivity contribution is 5.72. The Morgan fingerprint density at radius 1 is 1.40 bits per heavy atom. The van der Waals surface area contributed by atoms with Gasteiger partial charge in [0.25, 0.3) is 0 Å². The summed E-state index contributed by atoms with van der Waals surface area (Å²) < 4.78 is 4.80. The summed E-state index contributed by atoms with van der Waals surface area (Å²) in [6.45, 7) is 2.81. The molecule has 1 saturated carbocycles. The van der Waals surface area contributed by atoms with Crippen molar-refractivity contribution in [3.63, 3.8) is 0 Å². The molecule has 110 valence electrons. The number of carbonyl (C=O) groups excluding carboxylic acids is 1. The second kappa shape index (κ2) is 6.59. The Kier molecular flexibility index (Phi) is 4.82. The van der Waals surface area contributed by atoms with Crippen LogP contribution in [0.15, 0.2) is 12.1 Å². The molecule has 0 atom stereocenters. The first-order valence-corrected chi connectivity index (χ1v) is 7.15. The van der Waals surface area contributed by atoms with Crippen LogP contribution in [-0.2, 0) is 9.53 Å². The lowest BCUT2D eigenvalue weighted by Gasteiger charge is -2.27. The molecule has 1 aromatic rings. The van der Waals surface area contributed by atoms with Crippen LogP contribution in [0.25, 0.3) is 0 Å². The summed E-state index contributed by atoms with van der Waals surface area (Å²) in [6.07, 6.45) is 3.91. The number of nitrogens with zero attached hydrogens (tertiary/aromatic N) is 1. The number of anilines is 2. The fourth-order valence-corrected chi connectivity index (χ4v) is 2.72. The number of nitrogen functional groups attached to an aromatic ring is 1. The van der Waals surface area contributed by atoms with E-state index in [-0.39, 0.29) is 11.9 Å². The summed E-state index contributed by atoms with van der Waals surface area (Å²) >= 11 is 0. The fourth-order valence-electron chi connectivity index (χ4n) is 2.72. The molecule has 1 aromatic heterocycles. The van der Waals surface area contributed by atoms with E-state index in [0.717, 1.165) is 43.7 Å². The third-order valence-corrected chi connectivity index (χ3v) is 4.01. The van der Waals surface area contributed by atoms with Gasteiger partial charge in [-0.25, -0.2) is 4.98 Å². The highest BCUT2D eigenvalue weighted by Gasteiger charge is 2.26. The highest BCUT2D eigenvalue weighted by Crippen LogP contribution is 2.30. The number of pyridine rings is 1. The lowest BCUT2D eigenvalue weighted by molar-refractivity contribution is -0.146. The van der Waals surface area contributed by atoms with E-state index < -0.39 is 0 Å². The van der Waals surface area contributed by atoms with Crippen molar-refractivity contribution >= 4 is 17.5 Å². The molecule has 3 N–H and O–H groups in total. The number of hydrogen-bond acceptors (Lipinski definition) is 5. The van der Waals surface area contributed by atoms with E-state index in [1.165, 1.54) is 7.11 Å². The van der Waals surface area contributed by atoms with Gasteiger partial charge in [-0.05, 0) is 50.7 Å². The molecule has 0 unspecified atom stereocenters. The number of carbonyl (C=O) groups is 1. The molecule has 5 heteroatoms. The quantitative estimate of drug-likeness (QED) is 0.826. The van der Waals surface area contributed by atoms with E-state index >= 15 is 0 Å². The van der Waals surface area contributed by atoms with Crippen molar-refractivity contribution in [2.45, 2.75) is 32.6 Å². The topological polar surface area (TPSA) is 77.2 Å². The maximum atomic E-state index is 11.5. The Morgan fingerprint density at radius 2 is 2.10 bits per heavy atom. The molecule has 1 aliphatic rings. The Balaban J connectivity index is 1.81. The van der Waals surface area contributed by atoms with Gasteiger partial charge in [0.15, 0.2) is 0 Å². The highest BCUT2D eigenvalue weighted by atomic mass is 16.5. The average molecular weight is 277 g/mol. The third-order valence-electron chi connectivity index (χ3n) is 4.01. The smallest absolute Gasteiger partial charge is 0.308 e. The van der Waals surface area contributed by atoms with Crippen LogP contribution in [0.3, 0.4) is 0 Å². The Labute approximate surface area is 119 Å². The van der Waals surface area contributed by atoms with E-state index in [1.807, 2.05) is 19.1 Å². The molecular weight excluding hydrogens is 254 g/mol. The lowest BCUT2D eigenvalue weighted by Crippen LogP contribution is -2.26. The van der Waals surface area contributed by atoms with Crippen molar-refractivity contribution in [2.75, 3.05) is 24.7 Å². The molecule has 0 spiro atoms. The number of aromatic nitrogens is 1. The van der Waals surface area contributed by atoms with Gasteiger partial charge in [-0.2, -0.15) is 0 Å². The van der Waals surface area contributed by atoms with Crippen LogP contribution in [0.1, 0.15) is 31.4 Å². The number of methoxy groups -OCH3 is 1. The van der Waals surface area contributed by atoms with Crippen molar-refractivity contribution in [1.29, 1.82) is 0 Å². The second-order valence-electron chi connectivity index (χ2n) is 5.51. The number of nitrogens with one attached hydrogen (secondary N) is 1. The van der Waals surface area contributed by atoms with Gasteiger partial charge >= 0.3 is 5.97 Å². The van der Waals surface area contributed by atoms with Crippen molar-refractivity contribution in [3.8, 4) is 0 Å². The standard InChI is InChI=1S/C15H23N3O2/c1-10-3-8-13(16)14(18-10)17-9-11-4-6-12(7-5-11)15(19)20-2/h3,8,11-12H,4-7,9,16H2,1-2H3,(H,17,18). The predicted octanol–water partition coefficient (Wildman–Crippen LogP) is 2.36. The fraction of sp³-hybridized carbons (Fsp3) is 0.600. The van der Waals surface area contributed by atoms with Gasteiger partial charge in [0, 0.05) is 12.2 Å². The summed E-state index contributed by atoms with van der Waals surface area (Å²) in [5, 5.41) is 3.33. The van der Waals surface area contributed by atoms with Crippen molar-refractivity contribution in [3.05, 3.63) is 17.8 Å². The summed E-state index contributed by atoms with van der Waals surface area (Å²) in [5.74, 6) is 1.34. The third kappa shape index (κ3) is 3.62. The molecule has 0 aliphatic heterocycles. The minimum absolute atomic E-state index is 0.0685. The number of hydrogen-bond donors (Lipinski definition) is 2. The van der Waals surface area contributed by atoms with Crippen LogP contribution < -0.4 is 11.1 Å². The molecule has 0 amide bonds. The van der Waals surface area contributed by atoms with E-state index in [9.17, 15) is 4.79 Å². The number of rotatable bonds is 4. The summed E-state index contributed by atoms with van der Waals surface area (Å²) in [5.41, 5.74) is 7.53. The number of aryl methyl sites for hydroxylation is 1. The molecule has 20 heavy (non-hydrogen) atoms. The van der Waals surface area contributed by atoms with Gasteiger partial charge in [-0.15, -0.1) is 0 Å². The summed E-state index contributed by atoms with van der Waals surface area (Å²) in [7, 11) is 1.46. The van der Waals surface area contributed by atoms with Crippen LogP contribution in [0.4, 0.5) is 11.5 Å². The van der Waals surface area contributed by atoms with Gasteiger partial charge in [-0.1, -0.05) is 0 Å². The van der Waals surface area contributed by atoms with E-state index in [2.05, 4.69) is 10.3 Å². The minimum Gasteiger partial charge on any atom is -0.469 e. The van der Waals surface area contributed by atoms with Gasteiger partial charge in [0.05, 0.1) is 18.7 Å². The number of ether oxygens (including phenoxy) is 1. The molecular formula is C15H23N3O2. The van der Waals surface area contributed by atoms with Gasteiger partial charge in [0.2, 0.25) is 0 Å². The van der Waals surface area contributed by atoms with Crippen molar-refractivity contribution in [1.82, 2.24) is 4.98 Å². The molecule has 1 fully saturated rings. The van der Waals surface area contributed by atoms with Gasteiger partial charge < -0.3 is 15.8 Å². The predicted molar refractivity (Wildman–Crippen MR) is 79.3 cm³/mol. The van der Waals surface area contributed by atoms with E-state index in [1.54, 1.807) is 0 Å². The number of esters is 1. The maximum Gasteiger partial charge on any atom is 0.308 e. The second-order valence-corrected chi connectivity index (χ2v) is 5.51. The monoisotopic (exact) mass is 277 g/mol. The minimum atomic E-state index is -0.0685. The van der Waals surface area contributed by atoms with Gasteiger partial charge in [-0.3, -0.25) is 4.79 Å². The first-order chi connectivity index (χ1) is 9.60. The molecule has 1 heterocycles. The van der Waals surface area contributed by atoms with Crippen LogP contribution in [0, 0.1) is 18.8 Å². The van der Waals surface area contributed by atoms with Crippen LogP contribution in [0.5, 0.6) is 0 Å². The molecule has 0 aromatic carbocycles. The largest absolute Gasteiger partial charge is 0.469 e. The SMILES string of the molecule is COC(=O)C1CCC(CNc2nc(C)ccc2N)CC1. The van der Waals surface area contributed by atoms with Crippen LogP contribution >= 0.6 is 0 Å². The Hall–Kier alpha value is -1.78. The zero-order valence-corrected chi connectivity index (χ0v) is 12.2. The normalized spacial score (nSPS) is 22.3. The van der Waals surface area contributed by atoms with Gasteiger partial charge in [0.1, 0.15) is 5.82 Å². The molecule has 0 saturated heterocycles. The lowest BCUT2D eigenvalue weighted by atomic mass is 9.82. The zero-order chi connectivity index (χ0) is 14.5. The van der Waals surface area contributed by atoms with Crippen molar-refractivity contribution in [2.24, 2.45) is 11.8 Å². The maximum absolute atomic E-state index is 11.5. The first kappa shape index (κ1) is 14.6. The zero-order valence-electron chi connectivity index (χ0n) is 12.2. The van der Waals surface area contributed by atoms with E-state index in [0.29, 0.717) is 11.6 Å². The average Bonchev–Trinajstić information content (AvgIpc) is 2.48. The summed E-state index contributed by atoms with van der Waals surface area (Å²) in [4.78, 5) is 15.9. The molecule has 1 aliphatic carbocycles. The first-order valence-electron chi connectivity index (χ1n) is 7.15. The van der Waals surface area contributed by atoms with E-state index in [4.69, 9.17) is 10.5 Å². The molecule has 0 radical (unpaired) electrons. The molecule has 5 nitrogen and oxygen atoms in total. The Bertz CT molecular complexity index is 468. The molecule has 2 rings (SSSR count). The van der Waals surface area contributed by atoms with Crippen molar-refractivity contribution < 1.29 is 9.53 Å². The van der Waals surface area contributed by atoms with Crippen LogP contribution in [0.2, 0.25) is 0 Å². The Morgan fingerprint density at radius 3 is 2.75 bits per heavy atom.